The number of thiophene rings is 1. The topological polar surface area (TPSA) is 55.1 Å². The van der Waals surface area contributed by atoms with Gasteiger partial charge in [-0.2, -0.15) is 0 Å². The third kappa shape index (κ3) is 2.82. The van der Waals surface area contributed by atoms with Gasteiger partial charge in [0.05, 0.1) is 12.1 Å². The van der Waals surface area contributed by atoms with Gasteiger partial charge in [0.2, 0.25) is 5.91 Å². The number of rotatable bonds is 3. The van der Waals surface area contributed by atoms with Crippen molar-refractivity contribution in [1.82, 2.24) is 5.32 Å². The lowest BCUT2D eigenvalue weighted by Crippen LogP contribution is -2.39. The molecule has 0 saturated carbocycles. The Kier molecular flexibility index (Phi) is 3.66. The Morgan fingerprint density at radius 1 is 1.50 bits per heavy atom. The van der Waals surface area contributed by atoms with Gasteiger partial charge in [-0.1, -0.05) is 0 Å². The van der Waals surface area contributed by atoms with Gasteiger partial charge in [0.25, 0.3) is 0 Å². The number of carbonyl (C=O) groups is 1. The summed E-state index contributed by atoms with van der Waals surface area (Å²) in [6.45, 7) is 5.70. The first-order valence-corrected chi connectivity index (χ1v) is 5.44. The van der Waals surface area contributed by atoms with Crippen molar-refractivity contribution in [3.05, 3.63) is 21.9 Å². The molecule has 0 aromatic carbocycles. The zero-order chi connectivity index (χ0) is 10.7. The molecule has 0 aliphatic rings. The van der Waals surface area contributed by atoms with Crippen LogP contribution in [0.1, 0.15) is 29.6 Å². The van der Waals surface area contributed by atoms with Crippen LogP contribution in [0.2, 0.25) is 0 Å². The van der Waals surface area contributed by atoms with Gasteiger partial charge in [0.15, 0.2) is 0 Å². The lowest BCUT2D eigenvalue weighted by Gasteiger charge is -2.13. The second kappa shape index (κ2) is 4.57. The van der Waals surface area contributed by atoms with Crippen molar-refractivity contribution in [2.45, 2.75) is 32.9 Å². The lowest BCUT2D eigenvalue weighted by atomic mass is 10.2. The van der Waals surface area contributed by atoms with Gasteiger partial charge in [0, 0.05) is 9.75 Å². The molecule has 0 spiro atoms. The number of aryl methyl sites for hydroxylation is 1. The van der Waals surface area contributed by atoms with Crippen LogP contribution in [-0.2, 0) is 4.79 Å². The summed E-state index contributed by atoms with van der Waals surface area (Å²) in [4.78, 5) is 13.7. The van der Waals surface area contributed by atoms with E-state index in [-0.39, 0.29) is 11.9 Å². The SMILES string of the molecule is Cc1ccc(C(C)NC(=O)[C@H](C)N)s1. The summed E-state index contributed by atoms with van der Waals surface area (Å²) >= 11 is 1.69. The molecule has 1 amide bonds. The van der Waals surface area contributed by atoms with Gasteiger partial charge in [0.1, 0.15) is 0 Å². The van der Waals surface area contributed by atoms with Gasteiger partial charge in [-0.3, -0.25) is 4.79 Å². The highest BCUT2D eigenvalue weighted by Gasteiger charge is 2.13. The Morgan fingerprint density at radius 2 is 2.14 bits per heavy atom. The fourth-order valence-corrected chi connectivity index (χ4v) is 1.98. The van der Waals surface area contributed by atoms with E-state index in [1.807, 2.05) is 19.9 Å². The van der Waals surface area contributed by atoms with Gasteiger partial charge in [-0.05, 0) is 32.9 Å². The zero-order valence-corrected chi connectivity index (χ0v) is 9.52. The predicted octanol–water partition coefficient (Wildman–Crippen LogP) is 1.58. The van der Waals surface area contributed by atoms with Gasteiger partial charge >= 0.3 is 0 Å². The summed E-state index contributed by atoms with van der Waals surface area (Å²) in [5.41, 5.74) is 5.46. The van der Waals surface area contributed by atoms with E-state index in [4.69, 9.17) is 5.73 Å². The first kappa shape index (κ1) is 11.2. The number of nitrogens with one attached hydrogen (secondary N) is 1. The minimum absolute atomic E-state index is 0.0483. The Morgan fingerprint density at radius 3 is 2.57 bits per heavy atom. The molecule has 78 valence electrons. The summed E-state index contributed by atoms with van der Waals surface area (Å²) in [7, 11) is 0. The van der Waals surface area contributed by atoms with E-state index in [2.05, 4.69) is 11.4 Å². The van der Waals surface area contributed by atoms with Crippen molar-refractivity contribution >= 4 is 17.2 Å². The summed E-state index contributed by atoms with van der Waals surface area (Å²) in [5, 5.41) is 2.86. The normalized spacial score (nSPS) is 14.9. The molecule has 3 nitrogen and oxygen atoms in total. The second-order valence-corrected chi connectivity index (χ2v) is 4.79. The van der Waals surface area contributed by atoms with Crippen molar-refractivity contribution < 1.29 is 4.79 Å². The number of nitrogens with two attached hydrogens (primary N) is 1. The molecule has 2 atom stereocenters. The Labute approximate surface area is 88.3 Å². The Bertz CT molecular complexity index is 320. The molecule has 0 aliphatic carbocycles. The summed E-state index contributed by atoms with van der Waals surface area (Å²) in [6, 6.07) is 3.69. The van der Waals surface area contributed by atoms with E-state index in [9.17, 15) is 4.79 Å². The van der Waals surface area contributed by atoms with E-state index >= 15 is 0 Å². The third-order valence-corrected chi connectivity index (χ3v) is 3.14. The summed E-state index contributed by atoms with van der Waals surface area (Å²) < 4.78 is 0. The molecule has 1 unspecified atom stereocenters. The molecule has 0 radical (unpaired) electrons. The molecule has 0 saturated heterocycles. The lowest BCUT2D eigenvalue weighted by molar-refractivity contribution is -0.122. The highest BCUT2D eigenvalue weighted by atomic mass is 32.1. The average Bonchev–Trinajstić information content (AvgIpc) is 2.51. The van der Waals surface area contributed by atoms with Crippen LogP contribution in [0.4, 0.5) is 0 Å². The minimum Gasteiger partial charge on any atom is -0.347 e. The van der Waals surface area contributed by atoms with Crippen LogP contribution < -0.4 is 11.1 Å². The van der Waals surface area contributed by atoms with Crippen LogP contribution in [-0.4, -0.2) is 11.9 Å². The summed E-state index contributed by atoms with van der Waals surface area (Å²) in [5.74, 6) is -0.108. The first-order chi connectivity index (χ1) is 6.50. The van der Waals surface area contributed by atoms with Crippen molar-refractivity contribution in [3.8, 4) is 0 Å². The van der Waals surface area contributed by atoms with Crippen LogP contribution in [0.5, 0.6) is 0 Å². The average molecular weight is 212 g/mol. The van der Waals surface area contributed by atoms with Crippen LogP contribution in [0.15, 0.2) is 12.1 Å². The molecule has 14 heavy (non-hydrogen) atoms. The standard InChI is InChI=1S/C10H16N2OS/c1-6-4-5-9(14-6)8(3)12-10(13)7(2)11/h4-5,7-8H,11H2,1-3H3,(H,12,13)/t7-,8?/m0/s1. The number of carbonyl (C=O) groups excluding carboxylic acids is 1. The maximum absolute atomic E-state index is 11.3. The fourth-order valence-electron chi connectivity index (χ4n) is 1.10. The van der Waals surface area contributed by atoms with Crippen LogP contribution in [0.3, 0.4) is 0 Å². The molecule has 1 rings (SSSR count). The highest BCUT2D eigenvalue weighted by molar-refractivity contribution is 7.12. The smallest absolute Gasteiger partial charge is 0.237 e. The van der Waals surface area contributed by atoms with E-state index in [0.717, 1.165) is 4.88 Å². The number of amides is 1. The van der Waals surface area contributed by atoms with Crippen LogP contribution in [0, 0.1) is 6.92 Å². The maximum atomic E-state index is 11.3. The molecule has 3 N–H and O–H groups in total. The quantitative estimate of drug-likeness (QED) is 0.799. The van der Waals surface area contributed by atoms with E-state index in [0.29, 0.717) is 0 Å². The molecular weight excluding hydrogens is 196 g/mol. The van der Waals surface area contributed by atoms with E-state index in [1.165, 1.54) is 4.88 Å². The zero-order valence-electron chi connectivity index (χ0n) is 8.70. The predicted molar refractivity (Wildman–Crippen MR) is 59.3 cm³/mol. The van der Waals surface area contributed by atoms with Crippen molar-refractivity contribution in [3.63, 3.8) is 0 Å². The molecular formula is C10H16N2OS. The van der Waals surface area contributed by atoms with E-state index < -0.39 is 6.04 Å². The second-order valence-electron chi connectivity index (χ2n) is 3.47. The molecule has 0 aliphatic heterocycles. The van der Waals surface area contributed by atoms with Gasteiger partial charge < -0.3 is 11.1 Å². The fraction of sp³-hybridized carbons (Fsp3) is 0.500. The number of hydrogen-bond donors (Lipinski definition) is 2. The molecule has 0 fully saturated rings. The van der Waals surface area contributed by atoms with Gasteiger partial charge in [-0.25, -0.2) is 0 Å². The van der Waals surface area contributed by atoms with E-state index in [1.54, 1.807) is 18.3 Å². The van der Waals surface area contributed by atoms with Crippen LogP contribution >= 0.6 is 11.3 Å². The Hall–Kier alpha value is -0.870. The maximum Gasteiger partial charge on any atom is 0.237 e. The molecule has 1 heterocycles. The van der Waals surface area contributed by atoms with Crippen molar-refractivity contribution in [1.29, 1.82) is 0 Å². The minimum atomic E-state index is -0.446. The molecule has 4 heteroatoms. The highest BCUT2D eigenvalue weighted by Crippen LogP contribution is 2.22. The first-order valence-electron chi connectivity index (χ1n) is 4.63. The van der Waals surface area contributed by atoms with Gasteiger partial charge in [-0.15, -0.1) is 11.3 Å². The summed E-state index contributed by atoms with van der Waals surface area (Å²) in [6.07, 6.45) is 0. The van der Waals surface area contributed by atoms with Crippen molar-refractivity contribution in [2.75, 3.05) is 0 Å². The monoisotopic (exact) mass is 212 g/mol. The van der Waals surface area contributed by atoms with Crippen LogP contribution in [0.25, 0.3) is 0 Å². The largest absolute Gasteiger partial charge is 0.347 e. The third-order valence-electron chi connectivity index (χ3n) is 1.96. The molecule has 0 bridgehead atoms. The molecule has 1 aromatic rings. The number of hydrogen-bond acceptors (Lipinski definition) is 3. The van der Waals surface area contributed by atoms with Crippen molar-refractivity contribution in [2.24, 2.45) is 5.73 Å². The Balaban J connectivity index is 2.59. The molecule has 1 aromatic heterocycles.